The number of carbonyl (C=O) groups excluding carboxylic acids is 1. The van der Waals surface area contributed by atoms with E-state index in [1.807, 2.05) is 25.1 Å². The van der Waals surface area contributed by atoms with Crippen LogP contribution in [0.25, 0.3) is 0 Å². The van der Waals surface area contributed by atoms with Gasteiger partial charge < -0.3 is 14.5 Å². The fourth-order valence-corrected chi connectivity index (χ4v) is 1.64. The number of hydrogen-bond donors (Lipinski definition) is 1. The minimum Gasteiger partial charge on any atom is -0.466 e. The SMILES string of the molecule is Cc1ccc(CCNC(=O)C2(C#N)COC2)o1. The maximum Gasteiger partial charge on any atom is 0.245 e. The summed E-state index contributed by atoms with van der Waals surface area (Å²) in [7, 11) is 0. The molecule has 0 radical (unpaired) electrons. The predicted octanol–water partition coefficient (Wildman–Crippen LogP) is 0.787. The van der Waals surface area contributed by atoms with Crippen molar-refractivity contribution < 1.29 is 13.9 Å². The second-order valence-corrected chi connectivity index (χ2v) is 4.20. The first kappa shape index (κ1) is 11.7. The van der Waals surface area contributed by atoms with Gasteiger partial charge in [0.15, 0.2) is 5.41 Å². The van der Waals surface area contributed by atoms with Crippen LogP contribution in [0.5, 0.6) is 0 Å². The number of hydrogen-bond acceptors (Lipinski definition) is 4. The quantitative estimate of drug-likeness (QED) is 0.835. The maximum absolute atomic E-state index is 11.7. The topological polar surface area (TPSA) is 75.3 Å². The molecule has 0 aromatic carbocycles. The summed E-state index contributed by atoms with van der Waals surface area (Å²) in [6.07, 6.45) is 0.627. The number of rotatable bonds is 4. The smallest absolute Gasteiger partial charge is 0.245 e. The van der Waals surface area contributed by atoms with Gasteiger partial charge in [0, 0.05) is 13.0 Å². The van der Waals surface area contributed by atoms with Gasteiger partial charge >= 0.3 is 0 Å². The van der Waals surface area contributed by atoms with E-state index in [4.69, 9.17) is 14.4 Å². The Morgan fingerprint density at radius 1 is 1.59 bits per heavy atom. The summed E-state index contributed by atoms with van der Waals surface area (Å²) in [5.41, 5.74) is -0.973. The standard InChI is InChI=1S/C12H14N2O3/c1-9-2-3-10(17-9)4-5-14-11(15)12(6-13)7-16-8-12/h2-3H,4-5,7-8H2,1H3,(H,14,15). The van der Waals surface area contributed by atoms with E-state index in [1.54, 1.807) is 0 Å². The van der Waals surface area contributed by atoms with Crippen LogP contribution in [0.15, 0.2) is 16.5 Å². The van der Waals surface area contributed by atoms with Crippen LogP contribution < -0.4 is 5.32 Å². The Bertz CT molecular complexity index is 455. The van der Waals surface area contributed by atoms with Crippen LogP contribution >= 0.6 is 0 Å². The zero-order valence-electron chi connectivity index (χ0n) is 9.66. The van der Waals surface area contributed by atoms with Crippen molar-refractivity contribution in [2.75, 3.05) is 19.8 Å². The minimum atomic E-state index is -0.973. The molecule has 1 aromatic rings. The zero-order chi connectivity index (χ0) is 12.3. The lowest BCUT2D eigenvalue weighted by Gasteiger charge is -2.33. The number of carbonyl (C=O) groups is 1. The molecular formula is C12H14N2O3. The van der Waals surface area contributed by atoms with E-state index < -0.39 is 5.41 Å². The predicted molar refractivity (Wildman–Crippen MR) is 59.0 cm³/mol. The number of furan rings is 1. The van der Waals surface area contributed by atoms with Crippen LogP contribution in [0.1, 0.15) is 11.5 Å². The molecule has 0 aliphatic carbocycles. The molecule has 0 atom stereocenters. The first-order valence-corrected chi connectivity index (χ1v) is 5.49. The van der Waals surface area contributed by atoms with E-state index in [1.165, 1.54) is 0 Å². The molecule has 0 bridgehead atoms. The van der Waals surface area contributed by atoms with Crippen molar-refractivity contribution in [1.29, 1.82) is 5.26 Å². The number of amides is 1. The molecular weight excluding hydrogens is 220 g/mol. The highest BCUT2D eigenvalue weighted by Crippen LogP contribution is 2.26. The molecule has 1 fully saturated rings. The third-order valence-electron chi connectivity index (χ3n) is 2.80. The molecule has 90 valence electrons. The summed E-state index contributed by atoms with van der Waals surface area (Å²) >= 11 is 0. The Morgan fingerprint density at radius 2 is 2.35 bits per heavy atom. The van der Waals surface area contributed by atoms with Crippen LogP contribution in [0.2, 0.25) is 0 Å². The van der Waals surface area contributed by atoms with Gasteiger partial charge in [-0.25, -0.2) is 0 Å². The van der Waals surface area contributed by atoms with E-state index in [2.05, 4.69) is 5.32 Å². The van der Waals surface area contributed by atoms with Crippen molar-refractivity contribution in [1.82, 2.24) is 5.32 Å². The van der Waals surface area contributed by atoms with E-state index in [-0.39, 0.29) is 19.1 Å². The second kappa shape index (κ2) is 4.60. The van der Waals surface area contributed by atoms with Crippen molar-refractivity contribution in [2.24, 2.45) is 5.41 Å². The lowest BCUT2D eigenvalue weighted by molar-refractivity contribution is -0.149. The lowest BCUT2D eigenvalue weighted by atomic mass is 9.87. The number of ether oxygens (including phenoxy) is 1. The summed E-state index contributed by atoms with van der Waals surface area (Å²) in [6.45, 7) is 2.72. The van der Waals surface area contributed by atoms with E-state index in [0.717, 1.165) is 11.5 Å². The van der Waals surface area contributed by atoms with Gasteiger partial charge in [-0.1, -0.05) is 0 Å². The molecule has 0 spiro atoms. The van der Waals surface area contributed by atoms with Gasteiger partial charge in [-0.05, 0) is 19.1 Å². The summed E-state index contributed by atoms with van der Waals surface area (Å²) < 4.78 is 10.3. The van der Waals surface area contributed by atoms with Crippen molar-refractivity contribution >= 4 is 5.91 Å². The van der Waals surface area contributed by atoms with Gasteiger partial charge in [-0.15, -0.1) is 0 Å². The van der Waals surface area contributed by atoms with Crippen molar-refractivity contribution in [3.63, 3.8) is 0 Å². The van der Waals surface area contributed by atoms with Gasteiger partial charge in [0.1, 0.15) is 11.5 Å². The third-order valence-corrected chi connectivity index (χ3v) is 2.80. The highest BCUT2D eigenvalue weighted by molar-refractivity contribution is 5.86. The molecule has 2 rings (SSSR count). The van der Waals surface area contributed by atoms with Crippen LogP contribution in [-0.4, -0.2) is 25.7 Å². The number of nitrogens with zero attached hydrogens (tertiary/aromatic N) is 1. The normalized spacial score (nSPS) is 16.9. The fourth-order valence-electron chi connectivity index (χ4n) is 1.64. The minimum absolute atomic E-state index is 0.190. The molecule has 5 nitrogen and oxygen atoms in total. The molecule has 5 heteroatoms. The molecule has 0 unspecified atom stereocenters. The highest BCUT2D eigenvalue weighted by atomic mass is 16.5. The van der Waals surface area contributed by atoms with Gasteiger partial charge in [0.2, 0.25) is 5.91 Å². The van der Waals surface area contributed by atoms with Gasteiger partial charge in [0.05, 0.1) is 19.3 Å². The van der Waals surface area contributed by atoms with Crippen molar-refractivity contribution in [2.45, 2.75) is 13.3 Å². The number of nitrogens with one attached hydrogen (secondary N) is 1. The monoisotopic (exact) mass is 234 g/mol. The maximum atomic E-state index is 11.7. The van der Waals surface area contributed by atoms with E-state index >= 15 is 0 Å². The van der Waals surface area contributed by atoms with Gasteiger partial charge in [-0.3, -0.25) is 4.79 Å². The largest absolute Gasteiger partial charge is 0.466 e. The number of aryl methyl sites for hydroxylation is 1. The molecule has 1 saturated heterocycles. The zero-order valence-corrected chi connectivity index (χ0v) is 9.66. The van der Waals surface area contributed by atoms with E-state index in [9.17, 15) is 4.79 Å². The fraction of sp³-hybridized carbons (Fsp3) is 0.500. The van der Waals surface area contributed by atoms with E-state index in [0.29, 0.717) is 13.0 Å². The number of nitriles is 1. The molecule has 1 aliphatic rings. The molecule has 1 aromatic heterocycles. The molecule has 0 saturated carbocycles. The molecule has 1 N–H and O–H groups in total. The molecule has 17 heavy (non-hydrogen) atoms. The second-order valence-electron chi connectivity index (χ2n) is 4.20. The first-order chi connectivity index (χ1) is 8.16. The summed E-state index contributed by atoms with van der Waals surface area (Å²) in [6, 6.07) is 5.77. The Balaban J connectivity index is 1.79. The lowest BCUT2D eigenvalue weighted by Crippen LogP contribution is -2.53. The molecule has 2 heterocycles. The summed E-state index contributed by atoms with van der Waals surface area (Å²) in [4.78, 5) is 11.7. The summed E-state index contributed by atoms with van der Waals surface area (Å²) in [5, 5.41) is 11.6. The third kappa shape index (κ3) is 2.32. The highest BCUT2D eigenvalue weighted by Gasteiger charge is 2.46. The Labute approximate surface area is 99.4 Å². The van der Waals surface area contributed by atoms with Crippen LogP contribution in [0, 0.1) is 23.7 Å². The van der Waals surface area contributed by atoms with Gasteiger partial charge in [0.25, 0.3) is 0 Å². The van der Waals surface area contributed by atoms with Crippen molar-refractivity contribution in [3.8, 4) is 6.07 Å². The Hall–Kier alpha value is -1.80. The van der Waals surface area contributed by atoms with Crippen LogP contribution in [0.3, 0.4) is 0 Å². The van der Waals surface area contributed by atoms with Crippen molar-refractivity contribution in [3.05, 3.63) is 23.7 Å². The molecule has 1 aliphatic heterocycles. The van der Waals surface area contributed by atoms with Gasteiger partial charge in [-0.2, -0.15) is 5.26 Å². The first-order valence-electron chi connectivity index (χ1n) is 5.49. The average Bonchev–Trinajstić information content (AvgIpc) is 2.63. The van der Waals surface area contributed by atoms with Crippen LogP contribution in [-0.2, 0) is 16.0 Å². The van der Waals surface area contributed by atoms with Crippen LogP contribution in [0.4, 0.5) is 0 Å². The Kier molecular flexibility index (Phi) is 3.16. The Morgan fingerprint density at radius 3 is 2.82 bits per heavy atom. The molecule has 1 amide bonds. The average molecular weight is 234 g/mol. The summed E-state index contributed by atoms with van der Waals surface area (Å²) in [5.74, 6) is 1.43.